The standard InChI is InChI=1S/C12H17IN2O2/c1-2-15(7-9-3-4-17-8-9)12(16)11-5-10(13)6-14-11/h5-6,9,14H,2-4,7-8H2,1H3/t9-/m1/s1. The van der Waals surface area contributed by atoms with E-state index in [-0.39, 0.29) is 5.91 Å². The van der Waals surface area contributed by atoms with Gasteiger partial charge in [0.05, 0.1) is 6.61 Å². The van der Waals surface area contributed by atoms with Crippen molar-refractivity contribution in [2.75, 3.05) is 26.3 Å². The smallest absolute Gasteiger partial charge is 0.270 e. The third-order valence-electron chi connectivity index (χ3n) is 3.05. The van der Waals surface area contributed by atoms with E-state index in [2.05, 4.69) is 27.6 Å². The van der Waals surface area contributed by atoms with E-state index in [9.17, 15) is 4.79 Å². The molecule has 1 aliphatic heterocycles. The maximum Gasteiger partial charge on any atom is 0.270 e. The second-order valence-electron chi connectivity index (χ2n) is 4.30. The Morgan fingerprint density at radius 2 is 2.53 bits per heavy atom. The Kier molecular flexibility index (Phi) is 4.44. The summed E-state index contributed by atoms with van der Waals surface area (Å²) in [5.74, 6) is 0.579. The van der Waals surface area contributed by atoms with E-state index in [4.69, 9.17) is 4.74 Å². The number of hydrogen-bond acceptors (Lipinski definition) is 2. The summed E-state index contributed by atoms with van der Waals surface area (Å²) < 4.78 is 6.41. The summed E-state index contributed by atoms with van der Waals surface area (Å²) in [6.07, 6.45) is 2.91. The Hall–Kier alpha value is -0.560. The minimum Gasteiger partial charge on any atom is -0.381 e. The Morgan fingerprint density at radius 3 is 3.06 bits per heavy atom. The second kappa shape index (κ2) is 5.86. The molecular formula is C12H17IN2O2. The van der Waals surface area contributed by atoms with Gasteiger partial charge in [0.2, 0.25) is 0 Å². The van der Waals surface area contributed by atoms with Crippen molar-refractivity contribution in [3.8, 4) is 0 Å². The van der Waals surface area contributed by atoms with Crippen LogP contribution in [0.1, 0.15) is 23.8 Å². The Labute approximate surface area is 115 Å². The number of hydrogen-bond donors (Lipinski definition) is 1. The molecule has 0 aliphatic carbocycles. The molecule has 0 aromatic carbocycles. The Bertz CT molecular complexity index is 386. The molecule has 0 saturated carbocycles. The molecule has 17 heavy (non-hydrogen) atoms. The van der Waals surface area contributed by atoms with Gasteiger partial charge < -0.3 is 14.6 Å². The normalized spacial score (nSPS) is 19.5. The molecule has 0 unspecified atom stereocenters. The van der Waals surface area contributed by atoms with Crippen LogP contribution in [0.3, 0.4) is 0 Å². The lowest BCUT2D eigenvalue weighted by atomic mass is 10.1. The molecule has 1 fully saturated rings. The van der Waals surface area contributed by atoms with E-state index >= 15 is 0 Å². The monoisotopic (exact) mass is 348 g/mol. The lowest BCUT2D eigenvalue weighted by Crippen LogP contribution is -2.35. The lowest BCUT2D eigenvalue weighted by Gasteiger charge is -2.23. The van der Waals surface area contributed by atoms with Crippen molar-refractivity contribution in [1.29, 1.82) is 0 Å². The average Bonchev–Trinajstić information content (AvgIpc) is 2.96. The number of nitrogens with one attached hydrogen (secondary N) is 1. The molecule has 1 N–H and O–H groups in total. The zero-order valence-electron chi connectivity index (χ0n) is 9.91. The molecule has 2 heterocycles. The summed E-state index contributed by atoms with van der Waals surface area (Å²) in [6.45, 7) is 5.17. The number of ether oxygens (including phenoxy) is 1. The Morgan fingerprint density at radius 1 is 1.71 bits per heavy atom. The van der Waals surface area contributed by atoms with Crippen molar-refractivity contribution >= 4 is 28.5 Å². The van der Waals surface area contributed by atoms with E-state index in [1.165, 1.54) is 0 Å². The number of amides is 1. The largest absolute Gasteiger partial charge is 0.381 e. The molecule has 1 amide bonds. The molecule has 94 valence electrons. The van der Waals surface area contributed by atoms with E-state index in [1.54, 1.807) is 0 Å². The summed E-state index contributed by atoms with van der Waals surface area (Å²) in [4.78, 5) is 17.1. The van der Waals surface area contributed by atoms with Crippen LogP contribution in [0.15, 0.2) is 12.3 Å². The van der Waals surface area contributed by atoms with Crippen LogP contribution in [0, 0.1) is 9.49 Å². The number of H-pyrrole nitrogens is 1. The number of halogens is 1. The first-order valence-corrected chi connectivity index (χ1v) is 6.99. The second-order valence-corrected chi connectivity index (χ2v) is 5.55. The molecule has 1 atom stereocenters. The van der Waals surface area contributed by atoms with Crippen molar-refractivity contribution in [2.45, 2.75) is 13.3 Å². The molecule has 0 radical (unpaired) electrons. The predicted molar refractivity (Wildman–Crippen MR) is 74.0 cm³/mol. The molecule has 1 saturated heterocycles. The quantitative estimate of drug-likeness (QED) is 0.848. The highest BCUT2D eigenvalue weighted by atomic mass is 127. The van der Waals surface area contributed by atoms with Gasteiger partial charge in [0.1, 0.15) is 5.69 Å². The first kappa shape index (κ1) is 12.9. The van der Waals surface area contributed by atoms with Crippen molar-refractivity contribution in [3.05, 3.63) is 21.5 Å². The van der Waals surface area contributed by atoms with Crippen molar-refractivity contribution in [3.63, 3.8) is 0 Å². The fourth-order valence-corrected chi connectivity index (χ4v) is 2.52. The maximum absolute atomic E-state index is 12.2. The highest BCUT2D eigenvalue weighted by molar-refractivity contribution is 14.1. The summed E-state index contributed by atoms with van der Waals surface area (Å²) in [6, 6.07) is 1.89. The van der Waals surface area contributed by atoms with Crippen molar-refractivity contribution in [2.24, 2.45) is 5.92 Å². The molecular weight excluding hydrogens is 331 g/mol. The topological polar surface area (TPSA) is 45.3 Å². The molecule has 2 rings (SSSR count). The number of aromatic amines is 1. The van der Waals surface area contributed by atoms with E-state index < -0.39 is 0 Å². The highest BCUT2D eigenvalue weighted by Crippen LogP contribution is 2.16. The molecule has 4 nitrogen and oxygen atoms in total. The van der Waals surface area contributed by atoms with Crippen LogP contribution < -0.4 is 0 Å². The van der Waals surface area contributed by atoms with Gasteiger partial charge in [-0.3, -0.25) is 4.79 Å². The molecule has 0 spiro atoms. The maximum atomic E-state index is 12.2. The number of rotatable bonds is 4. The first-order chi connectivity index (χ1) is 8.20. The third kappa shape index (κ3) is 3.22. The zero-order valence-corrected chi connectivity index (χ0v) is 12.1. The lowest BCUT2D eigenvalue weighted by molar-refractivity contribution is 0.0725. The van der Waals surface area contributed by atoms with Gasteiger partial charge in [-0.1, -0.05) is 0 Å². The summed E-state index contributed by atoms with van der Waals surface area (Å²) >= 11 is 2.20. The van der Waals surface area contributed by atoms with Gasteiger partial charge in [0.25, 0.3) is 5.91 Å². The minimum atomic E-state index is 0.0855. The molecule has 0 bridgehead atoms. The van der Waals surface area contributed by atoms with Gasteiger partial charge >= 0.3 is 0 Å². The van der Waals surface area contributed by atoms with Crippen molar-refractivity contribution < 1.29 is 9.53 Å². The predicted octanol–water partition coefficient (Wildman–Crippen LogP) is 2.12. The zero-order chi connectivity index (χ0) is 12.3. The van der Waals surface area contributed by atoms with Crippen LogP contribution >= 0.6 is 22.6 Å². The first-order valence-electron chi connectivity index (χ1n) is 5.91. The number of nitrogens with zero attached hydrogens (tertiary/aromatic N) is 1. The third-order valence-corrected chi connectivity index (χ3v) is 3.67. The highest BCUT2D eigenvalue weighted by Gasteiger charge is 2.22. The van der Waals surface area contributed by atoms with Gasteiger partial charge in [-0.05, 0) is 42.0 Å². The van der Waals surface area contributed by atoms with Crippen LogP contribution in [0.4, 0.5) is 0 Å². The molecule has 5 heteroatoms. The van der Waals surface area contributed by atoms with Gasteiger partial charge in [-0.15, -0.1) is 0 Å². The van der Waals surface area contributed by atoms with Crippen molar-refractivity contribution in [1.82, 2.24) is 9.88 Å². The van der Waals surface area contributed by atoms with Crippen LogP contribution in [0.2, 0.25) is 0 Å². The summed E-state index contributed by atoms with van der Waals surface area (Å²) in [5.41, 5.74) is 0.676. The average molecular weight is 348 g/mol. The fraction of sp³-hybridized carbons (Fsp3) is 0.583. The van der Waals surface area contributed by atoms with E-state index in [0.29, 0.717) is 11.6 Å². The van der Waals surface area contributed by atoms with Crippen LogP contribution in [0.25, 0.3) is 0 Å². The van der Waals surface area contributed by atoms with Gasteiger partial charge in [0, 0.05) is 35.4 Å². The summed E-state index contributed by atoms with van der Waals surface area (Å²) in [5, 5.41) is 0. The molecule has 1 aliphatic rings. The van der Waals surface area contributed by atoms with Gasteiger partial charge in [-0.25, -0.2) is 0 Å². The van der Waals surface area contributed by atoms with Gasteiger partial charge in [0.15, 0.2) is 0 Å². The number of carbonyl (C=O) groups excluding carboxylic acids is 1. The molecule has 1 aromatic rings. The minimum absolute atomic E-state index is 0.0855. The van der Waals surface area contributed by atoms with E-state index in [1.807, 2.05) is 24.1 Å². The number of aromatic nitrogens is 1. The molecule has 1 aromatic heterocycles. The number of carbonyl (C=O) groups is 1. The summed E-state index contributed by atoms with van der Waals surface area (Å²) in [7, 11) is 0. The SMILES string of the molecule is CCN(C[C@H]1CCOC1)C(=O)c1cc(I)c[nH]1. The van der Waals surface area contributed by atoms with Crippen LogP contribution in [0.5, 0.6) is 0 Å². The van der Waals surface area contributed by atoms with Gasteiger partial charge in [-0.2, -0.15) is 0 Å². The Balaban J connectivity index is 1.99. The van der Waals surface area contributed by atoms with Crippen LogP contribution in [-0.4, -0.2) is 42.1 Å². The van der Waals surface area contributed by atoms with E-state index in [0.717, 1.165) is 36.3 Å². The van der Waals surface area contributed by atoms with Crippen LogP contribution in [-0.2, 0) is 4.74 Å². The fourth-order valence-electron chi connectivity index (χ4n) is 2.06.